The fourth-order valence-corrected chi connectivity index (χ4v) is 3.92. The molecule has 3 heteroatoms. The molecule has 1 atom stereocenters. The van der Waals surface area contributed by atoms with Crippen LogP contribution in [-0.4, -0.2) is 10.8 Å². The van der Waals surface area contributed by atoms with Crippen molar-refractivity contribution < 1.29 is 4.79 Å². The molecule has 1 aromatic heterocycles. The van der Waals surface area contributed by atoms with Crippen LogP contribution >= 0.6 is 11.3 Å². The molecular weight excluding hydrogens is 278 g/mol. The minimum atomic E-state index is 0.0813. The number of nitrogens with zero attached hydrogens (tertiary/aromatic N) is 1. The number of carbonyl (C=O) groups is 1. The van der Waals surface area contributed by atoms with Crippen LogP contribution in [0.5, 0.6) is 0 Å². The molecule has 1 aliphatic rings. The molecule has 2 nitrogen and oxygen atoms in total. The molecule has 0 saturated heterocycles. The predicted molar refractivity (Wildman–Crippen MR) is 87.1 cm³/mol. The van der Waals surface area contributed by atoms with Gasteiger partial charge >= 0.3 is 0 Å². The van der Waals surface area contributed by atoms with Crippen molar-refractivity contribution in [3.05, 3.63) is 51.5 Å². The molecule has 0 amide bonds. The van der Waals surface area contributed by atoms with Crippen molar-refractivity contribution in [3.8, 4) is 0 Å². The largest absolute Gasteiger partial charge is 0.294 e. The van der Waals surface area contributed by atoms with Crippen LogP contribution < -0.4 is 0 Å². The first-order valence-corrected chi connectivity index (χ1v) is 8.40. The molecule has 1 aliphatic carbocycles. The Kier molecular flexibility index (Phi) is 3.70. The molecule has 0 aliphatic heterocycles. The molecule has 110 valence electrons. The number of rotatable bonds is 2. The van der Waals surface area contributed by atoms with Gasteiger partial charge in [0.1, 0.15) is 0 Å². The van der Waals surface area contributed by atoms with Crippen molar-refractivity contribution in [1.29, 1.82) is 0 Å². The minimum Gasteiger partial charge on any atom is -0.294 e. The summed E-state index contributed by atoms with van der Waals surface area (Å²) >= 11 is 1.69. The molecule has 2 aromatic rings. The number of fused-ring (bicyclic) bond motifs is 1. The highest BCUT2D eigenvalue weighted by Gasteiger charge is 2.28. The second-order valence-electron chi connectivity index (χ2n) is 6.84. The second kappa shape index (κ2) is 5.38. The summed E-state index contributed by atoms with van der Waals surface area (Å²) in [7, 11) is 0. The van der Waals surface area contributed by atoms with Gasteiger partial charge in [-0.15, -0.1) is 11.3 Å². The smallest absolute Gasteiger partial charge is 0.166 e. The van der Waals surface area contributed by atoms with Crippen LogP contribution in [0.3, 0.4) is 0 Å². The molecule has 1 heterocycles. The van der Waals surface area contributed by atoms with Gasteiger partial charge < -0.3 is 0 Å². The monoisotopic (exact) mass is 299 g/mol. The standard InChI is InChI=1S/C18H21NOS/c1-18(2,3)15-11-21-16(19-15)10-13-9-8-12-6-4-5-7-14(12)17(13)20/h4-7,11,13H,8-10H2,1-3H3. The minimum absolute atomic E-state index is 0.0813. The quantitative estimate of drug-likeness (QED) is 0.821. The number of hydrogen-bond acceptors (Lipinski definition) is 3. The summed E-state index contributed by atoms with van der Waals surface area (Å²) in [6.45, 7) is 6.52. The lowest BCUT2D eigenvalue weighted by atomic mass is 9.81. The van der Waals surface area contributed by atoms with Crippen molar-refractivity contribution in [2.24, 2.45) is 5.92 Å². The van der Waals surface area contributed by atoms with Crippen molar-refractivity contribution in [1.82, 2.24) is 4.98 Å². The van der Waals surface area contributed by atoms with Gasteiger partial charge in [-0.25, -0.2) is 4.98 Å². The van der Waals surface area contributed by atoms with E-state index < -0.39 is 0 Å². The normalized spacial score (nSPS) is 18.6. The molecule has 0 N–H and O–H groups in total. The number of ketones is 1. The number of thiazole rings is 1. The Morgan fingerprint density at radius 1 is 1.29 bits per heavy atom. The van der Waals surface area contributed by atoms with Gasteiger partial charge in [-0.3, -0.25) is 4.79 Å². The number of Topliss-reactive ketones (excluding diaryl/α,β-unsaturated/α-hetero) is 1. The molecule has 0 fully saturated rings. The Morgan fingerprint density at radius 3 is 2.76 bits per heavy atom. The van der Waals surface area contributed by atoms with E-state index in [1.54, 1.807) is 11.3 Å². The van der Waals surface area contributed by atoms with Gasteiger partial charge in [-0.2, -0.15) is 0 Å². The van der Waals surface area contributed by atoms with E-state index in [1.165, 1.54) is 5.56 Å². The van der Waals surface area contributed by atoms with Crippen LogP contribution in [-0.2, 0) is 18.3 Å². The lowest BCUT2D eigenvalue weighted by molar-refractivity contribution is 0.0901. The molecule has 0 bridgehead atoms. The van der Waals surface area contributed by atoms with Crippen LogP contribution in [0.15, 0.2) is 29.6 Å². The van der Waals surface area contributed by atoms with E-state index in [0.29, 0.717) is 5.78 Å². The van der Waals surface area contributed by atoms with E-state index >= 15 is 0 Å². The summed E-state index contributed by atoms with van der Waals surface area (Å²) in [5.41, 5.74) is 3.33. The van der Waals surface area contributed by atoms with Crippen LogP contribution in [0, 0.1) is 5.92 Å². The van der Waals surface area contributed by atoms with E-state index in [9.17, 15) is 4.79 Å². The molecule has 0 spiro atoms. The summed E-state index contributed by atoms with van der Waals surface area (Å²) < 4.78 is 0. The van der Waals surface area contributed by atoms with Gasteiger partial charge in [0.2, 0.25) is 0 Å². The third-order valence-electron chi connectivity index (χ3n) is 4.16. The molecule has 3 rings (SSSR count). The van der Waals surface area contributed by atoms with Gasteiger partial charge in [0.25, 0.3) is 0 Å². The Hall–Kier alpha value is -1.48. The zero-order valence-electron chi connectivity index (χ0n) is 12.8. The Labute approximate surface area is 130 Å². The highest BCUT2D eigenvalue weighted by atomic mass is 32.1. The number of aromatic nitrogens is 1. The molecule has 1 unspecified atom stereocenters. The average molecular weight is 299 g/mol. The zero-order valence-corrected chi connectivity index (χ0v) is 13.7. The summed E-state index contributed by atoms with van der Waals surface area (Å²) in [5.74, 6) is 0.392. The molecule has 0 saturated carbocycles. The highest BCUT2D eigenvalue weighted by molar-refractivity contribution is 7.09. The first-order valence-electron chi connectivity index (χ1n) is 7.52. The fourth-order valence-electron chi connectivity index (χ4n) is 2.81. The summed E-state index contributed by atoms with van der Waals surface area (Å²) in [5, 5.41) is 3.23. The molecule has 1 aromatic carbocycles. The first kappa shape index (κ1) is 14.5. The Balaban J connectivity index is 1.78. The third kappa shape index (κ3) is 2.93. The lowest BCUT2D eigenvalue weighted by Crippen LogP contribution is -2.24. The summed E-state index contributed by atoms with van der Waals surface area (Å²) in [6.07, 6.45) is 2.73. The third-order valence-corrected chi connectivity index (χ3v) is 5.03. The number of benzene rings is 1. The van der Waals surface area contributed by atoms with Gasteiger partial charge in [0.15, 0.2) is 5.78 Å². The van der Waals surface area contributed by atoms with Gasteiger partial charge in [-0.1, -0.05) is 45.0 Å². The molecular formula is C18H21NOS. The second-order valence-corrected chi connectivity index (χ2v) is 7.78. The summed E-state index contributed by atoms with van der Waals surface area (Å²) in [6, 6.07) is 8.01. The van der Waals surface area contributed by atoms with Crippen molar-refractivity contribution >= 4 is 17.1 Å². The van der Waals surface area contributed by atoms with E-state index in [4.69, 9.17) is 4.98 Å². The van der Waals surface area contributed by atoms with Gasteiger partial charge in [0, 0.05) is 28.7 Å². The van der Waals surface area contributed by atoms with Crippen molar-refractivity contribution in [3.63, 3.8) is 0 Å². The fraction of sp³-hybridized carbons (Fsp3) is 0.444. The summed E-state index contributed by atoms with van der Waals surface area (Å²) in [4.78, 5) is 17.3. The number of aryl methyl sites for hydroxylation is 1. The molecule has 0 radical (unpaired) electrons. The maximum absolute atomic E-state index is 12.6. The SMILES string of the molecule is CC(C)(C)c1csc(CC2CCc3ccccc3C2=O)n1. The van der Waals surface area contributed by atoms with Crippen LogP contribution in [0.2, 0.25) is 0 Å². The number of hydrogen-bond donors (Lipinski definition) is 0. The predicted octanol–water partition coefficient (Wildman–Crippen LogP) is 4.43. The van der Waals surface area contributed by atoms with Crippen LogP contribution in [0.25, 0.3) is 0 Å². The van der Waals surface area contributed by atoms with E-state index in [-0.39, 0.29) is 11.3 Å². The van der Waals surface area contributed by atoms with E-state index in [1.807, 2.05) is 18.2 Å². The average Bonchev–Trinajstić information content (AvgIpc) is 2.91. The van der Waals surface area contributed by atoms with Gasteiger partial charge in [0.05, 0.1) is 10.7 Å². The maximum atomic E-state index is 12.6. The highest BCUT2D eigenvalue weighted by Crippen LogP contribution is 2.30. The first-order chi connectivity index (χ1) is 9.95. The topological polar surface area (TPSA) is 30.0 Å². The van der Waals surface area contributed by atoms with Crippen molar-refractivity contribution in [2.45, 2.75) is 45.4 Å². The maximum Gasteiger partial charge on any atom is 0.166 e. The lowest BCUT2D eigenvalue weighted by Gasteiger charge is -2.22. The zero-order chi connectivity index (χ0) is 15.0. The van der Waals surface area contributed by atoms with Crippen LogP contribution in [0.1, 0.15) is 53.8 Å². The molecule has 21 heavy (non-hydrogen) atoms. The van der Waals surface area contributed by atoms with E-state index in [0.717, 1.165) is 35.5 Å². The Bertz CT molecular complexity index is 666. The van der Waals surface area contributed by atoms with E-state index in [2.05, 4.69) is 32.2 Å². The van der Waals surface area contributed by atoms with Gasteiger partial charge in [-0.05, 0) is 18.4 Å². The number of carbonyl (C=O) groups excluding carboxylic acids is 1. The Morgan fingerprint density at radius 2 is 2.05 bits per heavy atom. The van der Waals surface area contributed by atoms with Crippen LogP contribution in [0.4, 0.5) is 0 Å². The van der Waals surface area contributed by atoms with Crippen molar-refractivity contribution in [2.75, 3.05) is 0 Å².